The highest BCUT2D eigenvalue weighted by Crippen LogP contribution is 2.35. The molecule has 1 unspecified atom stereocenters. The van der Waals surface area contributed by atoms with Crippen molar-refractivity contribution in [2.45, 2.75) is 28.0 Å². The van der Waals surface area contributed by atoms with Crippen LogP contribution in [0.2, 0.25) is 0 Å². The Labute approximate surface area is 156 Å². The van der Waals surface area contributed by atoms with E-state index in [0.717, 1.165) is 26.3 Å². The number of amides is 1. The number of ether oxygens (including phenoxy) is 1. The third kappa shape index (κ3) is 3.86. The standard InChI is InChI=1S/C19H22N2O2S2/c1-23-14-3-2-4-15(11-14)24-18-6-5-17(25-18)19(22)20-16-12-21-9-7-13(16)8-10-21/h2-6,11,13,16H,7-10,12H2,1H3,(H,20,22). The van der Waals surface area contributed by atoms with Crippen molar-refractivity contribution in [1.29, 1.82) is 0 Å². The number of thiophene rings is 1. The van der Waals surface area contributed by atoms with Gasteiger partial charge < -0.3 is 15.0 Å². The lowest BCUT2D eigenvalue weighted by Crippen LogP contribution is -2.57. The summed E-state index contributed by atoms with van der Waals surface area (Å²) >= 11 is 3.22. The maximum Gasteiger partial charge on any atom is 0.261 e. The molecule has 3 saturated heterocycles. The van der Waals surface area contributed by atoms with Crippen LogP contribution in [0, 0.1) is 5.92 Å². The zero-order valence-corrected chi connectivity index (χ0v) is 15.9. The molecule has 4 heterocycles. The van der Waals surface area contributed by atoms with Gasteiger partial charge in [-0.05, 0) is 62.2 Å². The molecule has 1 amide bonds. The first-order chi connectivity index (χ1) is 12.2. The van der Waals surface area contributed by atoms with Gasteiger partial charge in [-0.2, -0.15) is 0 Å². The van der Waals surface area contributed by atoms with Gasteiger partial charge in [-0.1, -0.05) is 17.8 Å². The molecule has 25 heavy (non-hydrogen) atoms. The maximum absolute atomic E-state index is 12.6. The molecule has 3 aliphatic rings. The Balaban J connectivity index is 1.39. The summed E-state index contributed by atoms with van der Waals surface area (Å²) < 4.78 is 6.38. The Hall–Kier alpha value is -1.50. The molecule has 1 aromatic carbocycles. The van der Waals surface area contributed by atoms with E-state index in [1.807, 2.05) is 30.3 Å². The van der Waals surface area contributed by atoms with Crippen LogP contribution in [0.25, 0.3) is 0 Å². The fraction of sp³-hybridized carbons (Fsp3) is 0.421. The number of nitrogens with zero attached hydrogens (tertiary/aromatic N) is 1. The average molecular weight is 375 g/mol. The van der Waals surface area contributed by atoms with Crippen molar-refractivity contribution in [1.82, 2.24) is 10.2 Å². The molecule has 3 fully saturated rings. The van der Waals surface area contributed by atoms with Crippen LogP contribution in [-0.2, 0) is 0 Å². The third-order valence-corrected chi connectivity index (χ3v) is 7.24. The topological polar surface area (TPSA) is 41.6 Å². The second-order valence-electron chi connectivity index (χ2n) is 6.62. The smallest absolute Gasteiger partial charge is 0.261 e. The molecular formula is C19H22N2O2S2. The Morgan fingerprint density at radius 3 is 2.84 bits per heavy atom. The van der Waals surface area contributed by atoms with E-state index in [0.29, 0.717) is 12.0 Å². The van der Waals surface area contributed by atoms with Crippen LogP contribution in [-0.4, -0.2) is 43.6 Å². The van der Waals surface area contributed by atoms with Gasteiger partial charge in [-0.3, -0.25) is 4.79 Å². The van der Waals surface area contributed by atoms with Gasteiger partial charge in [-0.15, -0.1) is 11.3 Å². The number of methoxy groups -OCH3 is 1. The van der Waals surface area contributed by atoms with Crippen LogP contribution in [0.1, 0.15) is 22.5 Å². The molecule has 0 spiro atoms. The lowest BCUT2D eigenvalue weighted by Gasteiger charge is -2.44. The van der Waals surface area contributed by atoms with E-state index in [9.17, 15) is 4.79 Å². The highest BCUT2D eigenvalue weighted by molar-refractivity contribution is 8.01. The molecule has 1 aromatic heterocycles. The molecule has 0 saturated carbocycles. The van der Waals surface area contributed by atoms with E-state index in [1.165, 1.54) is 25.9 Å². The Morgan fingerprint density at radius 2 is 2.12 bits per heavy atom. The molecule has 3 aliphatic heterocycles. The zero-order chi connectivity index (χ0) is 17.2. The van der Waals surface area contributed by atoms with Crippen LogP contribution < -0.4 is 10.1 Å². The molecule has 6 heteroatoms. The molecule has 1 N–H and O–H groups in total. The summed E-state index contributed by atoms with van der Waals surface area (Å²) in [5.41, 5.74) is 0. The van der Waals surface area contributed by atoms with Crippen molar-refractivity contribution in [2.75, 3.05) is 26.7 Å². The molecule has 2 bridgehead atoms. The summed E-state index contributed by atoms with van der Waals surface area (Å²) in [6.45, 7) is 3.39. The van der Waals surface area contributed by atoms with E-state index < -0.39 is 0 Å². The van der Waals surface area contributed by atoms with Crippen molar-refractivity contribution in [3.63, 3.8) is 0 Å². The van der Waals surface area contributed by atoms with E-state index in [2.05, 4.69) is 16.3 Å². The van der Waals surface area contributed by atoms with E-state index >= 15 is 0 Å². The number of benzene rings is 1. The number of carbonyl (C=O) groups is 1. The summed E-state index contributed by atoms with van der Waals surface area (Å²) in [4.78, 5) is 17.0. The summed E-state index contributed by atoms with van der Waals surface area (Å²) in [5.74, 6) is 1.57. The van der Waals surface area contributed by atoms with Gasteiger partial charge in [0.25, 0.3) is 5.91 Å². The molecular weight excluding hydrogens is 352 g/mol. The second kappa shape index (κ2) is 7.40. The van der Waals surface area contributed by atoms with Crippen molar-refractivity contribution in [2.24, 2.45) is 5.92 Å². The fourth-order valence-corrected chi connectivity index (χ4v) is 5.70. The van der Waals surface area contributed by atoms with Crippen molar-refractivity contribution < 1.29 is 9.53 Å². The number of carbonyl (C=O) groups excluding carboxylic acids is 1. The Kier molecular flexibility index (Phi) is 5.01. The van der Waals surface area contributed by atoms with Crippen LogP contribution in [0.15, 0.2) is 45.5 Å². The van der Waals surface area contributed by atoms with Gasteiger partial charge in [0.15, 0.2) is 0 Å². The maximum atomic E-state index is 12.6. The van der Waals surface area contributed by atoms with E-state index in [-0.39, 0.29) is 5.91 Å². The predicted octanol–water partition coefficient (Wildman–Crippen LogP) is 3.73. The molecule has 2 aromatic rings. The Bertz CT molecular complexity index is 753. The van der Waals surface area contributed by atoms with Crippen LogP contribution in [0.3, 0.4) is 0 Å². The summed E-state index contributed by atoms with van der Waals surface area (Å²) in [6.07, 6.45) is 2.43. The van der Waals surface area contributed by atoms with Gasteiger partial charge in [0, 0.05) is 17.5 Å². The number of nitrogens with one attached hydrogen (secondary N) is 1. The monoisotopic (exact) mass is 374 g/mol. The number of hydrogen-bond donors (Lipinski definition) is 1. The molecule has 0 aliphatic carbocycles. The quantitative estimate of drug-likeness (QED) is 0.866. The van der Waals surface area contributed by atoms with Crippen molar-refractivity contribution in [3.05, 3.63) is 41.3 Å². The molecule has 4 nitrogen and oxygen atoms in total. The minimum atomic E-state index is 0.0706. The molecule has 1 atom stereocenters. The van der Waals surface area contributed by atoms with Crippen LogP contribution in [0.5, 0.6) is 5.75 Å². The van der Waals surface area contributed by atoms with Gasteiger partial charge in [-0.25, -0.2) is 0 Å². The van der Waals surface area contributed by atoms with Gasteiger partial charge in [0.2, 0.25) is 0 Å². The van der Waals surface area contributed by atoms with Crippen molar-refractivity contribution >= 4 is 29.0 Å². The summed E-state index contributed by atoms with van der Waals surface area (Å²) in [7, 11) is 1.67. The number of hydrogen-bond acceptors (Lipinski definition) is 5. The SMILES string of the molecule is COc1cccc(Sc2ccc(C(=O)NC3CN4CCC3CC4)s2)c1. The zero-order valence-electron chi connectivity index (χ0n) is 14.2. The Morgan fingerprint density at radius 1 is 1.28 bits per heavy atom. The minimum Gasteiger partial charge on any atom is -0.497 e. The fourth-order valence-electron chi connectivity index (χ4n) is 3.65. The van der Waals surface area contributed by atoms with E-state index in [1.54, 1.807) is 30.2 Å². The number of fused-ring (bicyclic) bond motifs is 3. The lowest BCUT2D eigenvalue weighted by molar-refractivity contribution is 0.0622. The first kappa shape index (κ1) is 16.9. The summed E-state index contributed by atoms with van der Waals surface area (Å²) in [5, 5.41) is 3.26. The normalized spacial score (nSPS) is 24.9. The molecule has 0 radical (unpaired) electrons. The highest BCUT2D eigenvalue weighted by Gasteiger charge is 2.35. The molecule has 132 valence electrons. The lowest BCUT2D eigenvalue weighted by atomic mass is 9.84. The third-order valence-electron chi connectivity index (χ3n) is 5.04. The number of piperidine rings is 3. The summed E-state index contributed by atoms with van der Waals surface area (Å²) in [6, 6.07) is 12.3. The second-order valence-corrected chi connectivity index (χ2v) is 9.08. The van der Waals surface area contributed by atoms with Gasteiger partial charge >= 0.3 is 0 Å². The van der Waals surface area contributed by atoms with Gasteiger partial charge in [0.05, 0.1) is 16.2 Å². The van der Waals surface area contributed by atoms with Gasteiger partial charge in [0.1, 0.15) is 5.75 Å². The largest absolute Gasteiger partial charge is 0.497 e. The first-order valence-corrected chi connectivity index (χ1v) is 10.3. The molecule has 5 rings (SSSR count). The van der Waals surface area contributed by atoms with Crippen molar-refractivity contribution in [3.8, 4) is 5.75 Å². The van der Waals surface area contributed by atoms with Crippen LogP contribution >= 0.6 is 23.1 Å². The van der Waals surface area contributed by atoms with Crippen LogP contribution in [0.4, 0.5) is 0 Å². The number of rotatable bonds is 5. The minimum absolute atomic E-state index is 0.0706. The predicted molar refractivity (Wildman–Crippen MR) is 102 cm³/mol. The van der Waals surface area contributed by atoms with E-state index in [4.69, 9.17) is 4.74 Å². The average Bonchev–Trinajstić information content (AvgIpc) is 3.11. The highest BCUT2D eigenvalue weighted by atomic mass is 32.2. The first-order valence-electron chi connectivity index (χ1n) is 8.66.